The maximum absolute atomic E-state index is 6.51. The Labute approximate surface area is 107 Å². The van der Waals surface area contributed by atoms with E-state index in [9.17, 15) is 0 Å². The van der Waals surface area contributed by atoms with Crippen LogP contribution in [0.3, 0.4) is 0 Å². The number of aromatic nitrogens is 3. The van der Waals surface area contributed by atoms with E-state index in [1.807, 2.05) is 13.1 Å². The summed E-state index contributed by atoms with van der Waals surface area (Å²) >= 11 is 0. The molecule has 1 heterocycles. The van der Waals surface area contributed by atoms with Crippen LogP contribution >= 0.6 is 0 Å². The Kier molecular flexibility index (Phi) is 2.67. The average Bonchev–Trinajstić information content (AvgIpc) is 2.75. The third-order valence-electron chi connectivity index (χ3n) is 4.26. The first kappa shape index (κ1) is 11.4. The summed E-state index contributed by atoms with van der Waals surface area (Å²) in [5, 5.41) is 7.93. The topological polar surface area (TPSA) is 56.7 Å². The van der Waals surface area contributed by atoms with Crippen LogP contribution in [0.15, 0.2) is 36.5 Å². The summed E-state index contributed by atoms with van der Waals surface area (Å²) in [6.45, 7) is 0. The Morgan fingerprint density at radius 2 is 2.00 bits per heavy atom. The highest BCUT2D eigenvalue weighted by atomic mass is 15.4. The fourth-order valence-corrected chi connectivity index (χ4v) is 2.97. The van der Waals surface area contributed by atoms with Gasteiger partial charge in [-0.2, -0.15) is 0 Å². The molecule has 1 fully saturated rings. The predicted octanol–water partition coefficient (Wildman–Crippen LogP) is 1.94. The maximum Gasteiger partial charge on any atom is 0.0760 e. The molecule has 1 aliphatic carbocycles. The van der Waals surface area contributed by atoms with E-state index in [1.165, 1.54) is 12.0 Å². The van der Waals surface area contributed by atoms with Crippen molar-refractivity contribution in [3.05, 3.63) is 47.8 Å². The summed E-state index contributed by atoms with van der Waals surface area (Å²) in [6.07, 6.45) is 5.31. The van der Waals surface area contributed by atoms with E-state index in [0.29, 0.717) is 0 Å². The van der Waals surface area contributed by atoms with Crippen LogP contribution in [0.1, 0.15) is 36.6 Å². The van der Waals surface area contributed by atoms with Crippen molar-refractivity contribution < 1.29 is 0 Å². The molecule has 0 bridgehead atoms. The second-order valence-corrected chi connectivity index (χ2v) is 5.14. The summed E-state index contributed by atoms with van der Waals surface area (Å²) in [6, 6.07) is 10.6. The molecule has 1 aromatic heterocycles. The van der Waals surface area contributed by atoms with Gasteiger partial charge in [-0.25, -0.2) is 0 Å². The van der Waals surface area contributed by atoms with E-state index >= 15 is 0 Å². The molecule has 0 spiro atoms. The van der Waals surface area contributed by atoms with Gasteiger partial charge < -0.3 is 5.73 Å². The number of benzene rings is 1. The molecule has 1 saturated carbocycles. The van der Waals surface area contributed by atoms with Gasteiger partial charge in [0.25, 0.3) is 0 Å². The lowest BCUT2D eigenvalue weighted by atomic mass is 9.59. The molecule has 1 unspecified atom stereocenters. The molecule has 4 nitrogen and oxygen atoms in total. The van der Waals surface area contributed by atoms with Crippen LogP contribution in [0.4, 0.5) is 0 Å². The Bertz CT molecular complexity index is 528. The first-order valence-corrected chi connectivity index (χ1v) is 6.40. The van der Waals surface area contributed by atoms with Crippen molar-refractivity contribution in [3.63, 3.8) is 0 Å². The second kappa shape index (κ2) is 4.21. The monoisotopic (exact) mass is 242 g/mol. The molecular weight excluding hydrogens is 224 g/mol. The van der Waals surface area contributed by atoms with Crippen molar-refractivity contribution in [1.82, 2.24) is 15.0 Å². The largest absolute Gasteiger partial charge is 0.322 e. The fraction of sp³-hybridized carbons (Fsp3) is 0.429. The van der Waals surface area contributed by atoms with Crippen molar-refractivity contribution in [1.29, 1.82) is 0 Å². The van der Waals surface area contributed by atoms with Crippen LogP contribution in [0, 0.1) is 0 Å². The van der Waals surface area contributed by atoms with E-state index in [1.54, 1.807) is 10.9 Å². The highest BCUT2D eigenvalue weighted by Crippen LogP contribution is 2.50. The maximum atomic E-state index is 6.51. The summed E-state index contributed by atoms with van der Waals surface area (Å²) < 4.78 is 1.79. The van der Waals surface area contributed by atoms with Crippen molar-refractivity contribution >= 4 is 0 Å². The number of rotatable bonds is 3. The normalized spacial score (nSPS) is 19.2. The Balaban J connectivity index is 2.00. The molecule has 0 saturated heterocycles. The predicted molar refractivity (Wildman–Crippen MR) is 69.9 cm³/mol. The third kappa shape index (κ3) is 1.56. The quantitative estimate of drug-likeness (QED) is 0.894. The van der Waals surface area contributed by atoms with E-state index in [-0.39, 0.29) is 11.5 Å². The summed E-state index contributed by atoms with van der Waals surface area (Å²) in [4.78, 5) is 0. The number of nitrogens with zero attached hydrogens (tertiary/aromatic N) is 3. The second-order valence-electron chi connectivity index (χ2n) is 5.14. The molecule has 0 amide bonds. The zero-order valence-corrected chi connectivity index (χ0v) is 10.6. The van der Waals surface area contributed by atoms with Gasteiger partial charge in [-0.15, -0.1) is 5.10 Å². The molecule has 0 aliphatic heterocycles. The van der Waals surface area contributed by atoms with Gasteiger partial charge in [0.05, 0.1) is 17.9 Å². The Hall–Kier alpha value is -1.68. The molecule has 3 rings (SSSR count). The standard InChI is InChI=1S/C14H18N4/c1-18-12(10-16-17-18)13(15)14(8-5-9-14)11-6-3-2-4-7-11/h2-4,6-7,10,13H,5,8-9,15H2,1H3. The molecular formula is C14H18N4. The van der Waals surface area contributed by atoms with Crippen LogP contribution in [-0.4, -0.2) is 15.0 Å². The van der Waals surface area contributed by atoms with Crippen molar-refractivity contribution in [3.8, 4) is 0 Å². The number of nitrogens with two attached hydrogens (primary N) is 1. The van der Waals surface area contributed by atoms with Crippen molar-refractivity contribution in [2.75, 3.05) is 0 Å². The lowest BCUT2D eigenvalue weighted by molar-refractivity contribution is 0.191. The minimum atomic E-state index is -0.0337. The summed E-state index contributed by atoms with van der Waals surface area (Å²) in [5.41, 5.74) is 8.93. The molecule has 2 N–H and O–H groups in total. The molecule has 0 radical (unpaired) electrons. The van der Waals surface area contributed by atoms with Crippen molar-refractivity contribution in [2.24, 2.45) is 12.8 Å². The molecule has 94 valence electrons. The van der Waals surface area contributed by atoms with Gasteiger partial charge in [-0.1, -0.05) is 42.0 Å². The van der Waals surface area contributed by atoms with E-state index in [0.717, 1.165) is 18.5 Å². The van der Waals surface area contributed by atoms with Gasteiger partial charge in [-0.05, 0) is 18.4 Å². The van der Waals surface area contributed by atoms with Gasteiger partial charge in [0.2, 0.25) is 0 Å². The van der Waals surface area contributed by atoms with Crippen LogP contribution in [0.2, 0.25) is 0 Å². The van der Waals surface area contributed by atoms with E-state index in [4.69, 9.17) is 5.73 Å². The lowest BCUT2D eigenvalue weighted by Crippen LogP contribution is -2.45. The highest BCUT2D eigenvalue weighted by Gasteiger charge is 2.45. The molecule has 2 aromatic rings. The summed E-state index contributed by atoms with van der Waals surface area (Å²) in [7, 11) is 1.90. The minimum Gasteiger partial charge on any atom is -0.322 e. The smallest absolute Gasteiger partial charge is 0.0760 e. The van der Waals surface area contributed by atoms with E-state index in [2.05, 4.69) is 34.6 Å². The highest BCUT2D eigenvalue weighted by molar-refractivity contribution is 5.32. The molecule has 1 atom stereocenters. The van der Waals surface area contributed by atoms with Crippen LogP contribution in [0.25, 0.3) is 0 Å². The first-order chi connectivity index (χ1) is 8.74. The van der Waals surface area contributed by atoms with E-state index < -0.39 is 0 Å². The number of hydrogen-bond acceptors (Lipinski definition) is 3. The number of aryl methyl sites for hydroxylation is 1. The van der Waals surface area contributed by atoms with Gasteiger partial charge in [0, 0.05) is 12.5 Å². The van der Waals surface area contributed by atoms with Gasteiger partial charge >= 0.3 is 0 Å². The van der Waals surface area contributed by atoms with Gasteiger partial charge in [0.1, 0.15) is 0 Å². The molecule has 18 heavy (non-hydrogen) atoms. The van der Waals surface area contributed by atoms with Crippen molar-refractivity contribution in [2.45, 2.75) is 30.7 Å². The fourth-order valence-electron chi connectivity index (χ4n) is 2.97. The summed E-state index contributed by atoms with van der Waals surface area (Å²) in [5.74, 6) is 0. The molecule has 4 heteroatoms. The Morgan fingerprint density at radius 1 is 1.28 bits per heavy atom. The van der Waals surface area contributed by atoms with Gasteiger partial charge in [-0.3, -0.25) is 4.68 Å². The zero-order valence-electron chi connectivity index (χ0n) is 10.6. The molecule has 1 aromatic carbocycles. The number of hydrogen-bond donors (Lipinski definition) is 1. The lowest BCUT2D eigenvalue weighted by Gasteiger charge is -2.46. The van der Waals surface area contributed by atoms with Crippen LogP contribution in [0.5, 0.6) is 0 Å². The van der Waals surface area contributed by atoms with Crippen LogP contribution in [-0.2, 0) is 12.5 Å². The average molecular weight is 242 g/mol. The first-order valence-electron chi connectivity index (χ1n) is 6.40. The van der Waals surface area contributed by atoms with Gasteiger partial charge in [0.15, 0.2) is 0 Å². The minimum absolute atomic E-state index is 0.0337. The Morgan fingerprint density at radius 3 is 2.50 bits per heavy atom. The molecule has 1 aliphatic rings. The third-order valence-corrected chi connectivity index (χ3v) is 4.26. The zero-order chi connectivity index (χ0) is 12.6. The van der Waals surface area contributed by atoms with Crippen LogP contribution < -0.4 is 5.73 Å². The SMILES string of the molecule is Cn1nncc1C(N)C1(c2ccccc2)CCC1.